The van der Waals surface area contributed by atoms with Crippen LogP contribution in [0.3, 0.4) is 0 Å². The number of hydrogen-bond acceptors (Lipinski definition) is 4. The molecular weight excluding hydrogens is 234 g/mol. The molecule has 0 heterocycles. The maximum atomic E-state index is 10.8. The molecule has 0 saturated carbocycles. The van der Waals surface area contributed by atoms with Gasteiger partial charge in [-0.05, 0) is 0 Å². The molecule has 2 atom stereocenters. The van der Waals surface area contributed by atoms with E-state index in [1.165, 1.54) is 0 Å². The largest absolute Gasteiger partial charge is 0.453 e. The van der Waals surface area contributed by atoms with Crippen molar-refractivity contribution < 1.29 is 14.5 Å². The Morgan fingerprint density at radius 3 is 3.06 bits per heavy atom. The molecule has 88 valence electrons. The van der Waals surface area contributed by atoms with Crippen molar-refractivity contribution in [2.24, 2.45) is 5.92 Å². The molecule has 0 N–H and O–H groups in total. The summed E-state index contributed by atoms with van der Waals surface area (Å²) in [4.78, 5) is 20.9. The number of rotatable bonds is 4. The lowest BCUT2D eigenvalue weighted by Crippen LogP contribution is -2.28. The zero-order valence-corrected chi connectivity index (χ0v) is 9.52. The van der Waals surface area contributed by atoms with Crippen LogP contribution >= 0.6 is 11.6 Å². The van der Waals surface area contributed by atoms with E-state index >= 15 is 0 Å². The molecule has 1 aliphatic carbocycles. The van der Waals surface area contributed by atoms with E-state index in [4.69, 9.17) is 11.6 Å². The Bertz CT molecular complexity index is 351. The number of allylic oxidation sites excluding steroid dienone is 2. The van der Waals surface area contributed by atoms with Crippen LogP contribution in [0.1, 0.15) is 13.3 Å². The van der Waals surface area contributed by atoms with Gasteiger partial charge in [0.2, 0.25) is 6.04 Å². The normalized spacial score (nSPS) is 21.1. The van der Waals surface area contributed by atoms with Crippen LogP contribution in [0.4, 0.5) is 4.79 Å². The van der Waals surface area contributed by atoms with Crippen molar-refractivity contribution in [1.82, 2.24) is 0 Å². The minimum Gasteiger partial charge on any atom is -0.453 e. The van der Waals surface area contributed by atoms with Gasteiger partial charge in [0.1, 0.15) is 0 Å². The molecule has 0 aromatic rings. The molecule has 0 radical (unpaired) electrons. The number of nitrogens with zero attached hydrogens (tertiary/aromatic N) is 1. The molecule has 1 aliphatic rings. The minimum atomic E-state index is -0.892. The fourth-order valence-corrected chi connectivity index (χ4v) is 1.68. The Morgan fingerprint density at radius 2 is 2.50 bits per heavy atom. The lowest BCUT2D eigenvalue weighted by atomic mass is 9.90. The van der Waals surface area contributed by atoms with Gasteiger partial charge in [0.25, 0.3) is 0 Å². The van der Waals surface area contributed by atoms with Crippen LogP contribution in [0.15, 0.2) is 23.8 Å². The van der Waals surface area contributed by atoms with E-state index < -0.39 is 11.5 Å². The maximum absolute atomic E-state index is 10.8. The molecule has 0 amide bonds. The van der Waals surface area contributed by atoms with E-state index in [0.29, 0.717) is 12.0 Å². The zero-order valence-electron chi connectivity index (χ0n) is 8.76. The monoisotopic (exact) mass is 245 g/mol. The third-order valence-corrected chi connectivity index (χ3v) is 2.55. The predicted octanol–water partition coefficient (Wildman–Crippen LogP) is 2.53. The molecule has 0 saturated heterocycles. The molecule has 0 aromatic heterocycles. The van der Waals surface area contributed by atoms with Crippen molar-refractivity contribution in [2.75, 3.05) is 6.61 Å². The Hall–Kier alpha value is -1.36. The first-order chi connectivity index (χ1) is 7.52. The summed E-state index contributed by atoms with van der Waals surface area (Å²) in [7, 11) is 0. The molecule has 16 heavy (non-hydrogen) atoms. The van der Waals surface area contributed by atoms with Crippen LogP contribution in [-0.2, 0) is 4.74 Å². The number of carbonyl (C=O) groups is 1. The highest BCUT2D eigenvalue weighted by molar-refractivity contribution is 6.61. The third kappa shape index (κ3) is 3.34. The fraction of sp³-hybridized carbons (Fsp3) is 0.500. The van der Waals surface area contributed by atoms with Crippen molar-refractivity contribution in [3.63, 3.8) is 0 Å². The number of nitro groups is 1. The lowest BCUT2D eigenvalue weighted by Gasteiger charge is -2.19. The van der Waals surface area contributed by atoms with Crippen LogP contribution in [0.2, 0.25) is 0 Å². The Kier molecular flexibility index (Phi) is 4.49. The van der Waals surface area contributed by atoms with Crippen molar-refractivity contribution >= 4 is 17.0 Å². The molecule has 0 aliphatic heterocycles. The van der Waals surface area contributed by atoms with Crippen LogP contribution in [0, 0.1) is 16.0 Å². The SMILES string of the molecule is CC(COC(=O)Cl)C1=CC=CCC1[N+](=O)[O-]. The highest BCUT2D eigenvalue weighted by atomic mass is 35.5. The van der Waals surface area contributed by atoms with Crippen LogP contribution in [-0.4, -0.2) is 23.0 Å². The Morgan fingerprint density at radius 1 is 1.81 bits per heavy atom. The highest BCUT2D eigenvalue weighted by Crippen LogP contribution is 2.23. The average molecular weight is 246 g/mol. The van der Waals surface area contributed by atoms with Gasteiger partial charge in [0, 0.05) is 34.4 Å². The summed E-state index contributed by atoms with van der Waals surface area (Å²) in [5, 5.41) is 10.8. The molecule has 2 unspecified atom stereocenters. The summed E-state index contributed by atoms with van der Waals surface area (Å²) >= 11 is 5.03. The summed E-state index contributed by atoms with van der Waals surface area (Å²) < 4.78 is 4.62. The van der Waals surface area contributed by atoms with Crippen molar-refractivity contribution in [1.29, 1.82) is 0 Å². The van der Waals surface area contributed by atoms with Gasteiger partial charge in [-0.25, -0.2) is 4.79 Å². The minimum absolute atomic E-state index is 0.0619. The summed E-state index contributed by atoms with van der Waals surface area (Å²) in [5.41, 5.74) is -0.234. The standard InChI is InChI=1S/C10H12ClNO4/c1-7(6-16-10(11)13)8-4-2-3-5-9(8)12(14)15/h2-4,7,9H,5-6H2,1H3. The quantitative estimate of drug-likeness (QED) is 0.434. The number of carbonyl (C=O) groups excluding carboxylic acids is 1. The van der Waals surface area contributed by atoms with E-state index in [2.05, 4.69) is 4.74 Å². The topological polar surface area (TPSA) is 69.4 Å². The first-order valence-electron chi connectivity index (χ1n) is 4.84. The zero-order chi connectivity index (χ0) is 12.1. The van der Waals surface area contributed by atoms with Gasteiger partial charge in [0.05, 0.1) is 6.61 Å². The summed E-state index contributed by atoms with van der Waals surface area (Å²) in [6, 6.07) is -0.728. The smallest absolute Gasteiger partial charge is 0.403 e. The molecule has 0 bridgehead atoms. The second kappa shape index (κ2) is 5.65. The molecule has 5 nitrogen and oxygen atoms in total. The van der Waals surface area contributed by atoms with Gasteiger partial charge < -0.3 is 4.74 Å². The van der Waals surface area contributed by atoms with Crippen LogP contribution < -0.4 is 0 Å². The predicted molar refractivity (Wildman–Crippen MR) is 59.0 cm³/mol. The van der Waals surface area contributed by atoms with E-state index in [9.17, 15) is 14.9 Å². The van der Waals surface area contributed by atoms with E-state index in [1.807, 2.05) is 0 Å². The molecule has 1 rings (SSSR count). The van der Waals surface area contributed by atoms with E-state index in [0.717, 1.165) is 0 Å². The number of ether oxygens (including phenoxy) is 1. The van der Waals surface area contributed by atoms with Gasteiger partial charge in [-0.2, -0.15) is 0 Å². The van der Waals surface area contributed by atoms with Crippen LogP contribution in [0.5, 0.6) is 0 Å². The van der Waals surface area contributed by atoms with Gasteiger partial charge in [-0.1, -0.05) is 25.2 Å². The molecule has 0 fully saturated rings. The maximum Gasteiger partial charge on any atom is 0.403 e. The van der Waals surface area contributed by atoms with Crippen molar-refractivity contribution in [3.8, 4) is 0 Å². The summed E-state index contributed by atoms with van der Waals surface area (Å²) in [6.07, 6.45) is 5.59. The van der Waals surface area contributed by atoms with Crippen molar-refractivity contribution in [2.45, 2.75) is 19.4 Å². The van der Waals surface area contributed by atoms with E-state index in [-0.39, 0.29) is 17.4 Å². The first kappa shape index (κ1) is 12.7. The molecule has 6 heteroatoms. The highest BCUT2D eigenvalue weighted by Gasteiger charge is 2.29. The number of halogens is 1. The van der Waals surface area contributed by atoms with Gasteiger partial charge >= 0.3 is 5.43 Å². The molecule has 0 aromatic carbocycles. The van der Waals surface area contributed by atoms with E-state index in [1.54, 1.807) is 25.2 Å². The van der Waals surface area contributed by atoms with Crippen molar-refractivity contribution in [3.05, 3.63) is 33.9 Å². The summed E-state index contributed by atoms with van der Waals surface area (Å²) in [6.45, 7) is 1.83. The van der Waals surface area contributed by atoms with Gasteiger partial charge in [0.15, 0.2) is 0 Å². The van der Waals surface area contributed by atoms with Crippen LogP contribution in [0.25, 0.3) is 0 Å². The molecule has 0 spiro atoms. The lowest BCUT2D eigenvalue weighted by molar-refractivity contribution is -0.512. The summed E-state index contributed by atoms with van der Waals surface area (Å²) in [5.74, 6) is -0.206. The van der Waals surface area contributed by atoms with Gasteiger partial charge in [-0.15, -0.1) is 0 Å². The third-order valence-electron chi connectivity index (χ3n) is 2.44. The van der Waals surface area contributed by atoms with Gasteiger partial charge in [-0.3, -0.25) is 10.1 Å². The average Bonchev–Trinajstić information content (AvgIpc) is 2.25. The fourth-order valence-electron chi connectivity index (χ4n) is 1.62. The Labute approximate surface area is 97.9 Å². The first-order valence-corrected chi connectivity index (χ1v) is 5.22. The second-order valence-corrected chi connectivity index (χ2v) is 3.89. The second-order valence-electron chi connectivity index (χ2n) is 3.58. The Balaban J connectivity index is 2.67. The molecular formula is C10H12ClNO4. The number of hydrogen-bond donors (Lipinski definition) is 0.